The van der Waals surface area contributed by atoms with Crippen molar-refractivity contribution in [2.24, 2.45) is 5.73 Å². The summed E-state index contributed by atoms with van der Waals surface area (Å²) in [5.41, 5.74) is 7.92. The Kier molecular flexibility index (Phi) is 5.11. The summed E-state index contributed by atoms with van der Waals surface area (Å²) in [6, 6.07) is 10.4. The van der Waals surface area contributed by atoms with Crippen LogP contribution in [0.3, 0.4) is 0 Å². The Hall–Kier alpha value is -1.43. The summed E-state index contributed by atoms with van der Waals surface area (Å²) >= 11 is 0. The average Bonchev–Trinajstić information content (AvgIpc) is 2.91. The third-order valence-corrected chi connectivity index (χ3v) is 3.54. The van der Waals surface area contributed by atoms with Crippen molar-refractivity contribution >= 4 is 12.4 Å². The summed E-state index contributed by atoms with van der Waals surface area (Å²) in [5.74, 6) is 0. The van der Waals surface area contributed by atoms with Crippen LogP contribution in [0.2, 0.25) is 0 Å². The van der Waals surface area contributed by atoms with Gasteiger partial charge in [0, 0.05) is 25.7 Å². The molecule has 1 aromatic heterocycles. The van der Waals surface area contributed by atoms with E-state index in [9.17, 15) is 0 Å². The maximum Gasteiger partial charge on any atom is 0.0971 e. The van der Waals surface area contributed by atoms with Gasteiger partial charge < -0.3 is 5.73 Å². The molecule has 0 aliphatic carbocycles. The first-order valence-corrected chi connectivity index (χ1v) is 6.76. The van der Waals surface area contributed by atoms with Crippen molar-refractivity contribution in [3.05, 3.63) is 42.2 Å². The maximum atomic E-state index is 5.91. The SMILES string of the molecule is Cl.NC1CCN(Cc2cnn(-c3ccccc3)n2)CC1. The van der Waals surface area contributed by atoms with Gasteiger partial charge in [-0.1, -0.05) is 18.2 Å². The second-order valence-electron chi connectivity index (χ2n) is 5.07. The van der Waals surface area contributed by atoms with Gasteiger partial charge in [-0.2, -0.15) is 15.0 Å². The largest absolute Gasteiger partial charge is 0.328 e. The Morgan fingerprint density at radius 2 is 1.85 bits per heavy atom. The maximum absolute atomic E-state index is 5.91. The molecule has 0 bridgehead atoms. The molecule has 1 fully saturated rings. The highest BCUT2D eigenvalue weighted by Gasteiger charge is 2.17. The summed E-state index contributed by atoms with van der Waals surface area (Å²) < 4.78 is 0. The normalized spacial score (nSPS) is 16.9. The molecule has 2 heterocycles. The number of piperidine rings is 1. The number of benzene rings is 1. The minimum atomic E-state index is 0. The molecule has 0 amide bonds. The van der Waals surface area contributed by atoms with Crippen LogP contribution in [0.15, 0.2) is 36.5 Å². The zero-order valence-corrected chi connectivity index (χ0v) is 12.2. The molecule has 5 nitrogen and oxygen atoms in total. The van der Waals surface area contributed by atoms with Crippen molar-refractivity contribution < 1.29 is 0 Å². The number of aromatic nitrogens is 3. The van der Waals surface area contributed by atoms with Crippen LogP contribution in [0.4, 0.5) is 0 Å². The van der Waals surface area contributed by atoms with E-state index in [1.165, 1.54) is 0 Å². The Labute approximate surface area is 125 Å². The van der Waals surface area contributed by atoms with E-state index in [2.05, 4.69) is 15.1 Å². The molecule has 0 radical (unpaired) electrons. The predicted octanol–water partition coefficient (Wildman–Crippen LogP) is 1.61. The minimum Gasteiger partial charge on any atom is -0.328 e. The van der Waals surface area contributed by atoms with Gasteiger partial charge in [0.1, 0.15) is 0 Å². The van der Waals surface area contributed by atoms with Gasteiger partial charge in [0.05, 0.1) is 17.6 Å². The molecule has 0 unspecified atom stereocenters. The lowest BCUT2D eigenvalue weighted by molar-refractivity contribution is 0.203. The Morgan fingerprint density at radius 1 is 1.15 bits per heavy atom. The van der Waals surface area contributed by atoms with Gasteiger partial charge in [-0.05, 0) is 25.0 Å². The third-order valence-electron chi connectivity index (χ3n) is 3.54. The highest BCUT2D eigenvalue weighted by atomic mass is 35.5. The van der Waals surface area contributed by atoms with Crippen molar-refractivity contribution in [1.82, 2.24) is 19.9 Å². The van der Waals surface area contributed by atoms with Gasteiger partial charge in [0.25, 0.3) is 0 Å². The molecule has 3 rings (SSSR count). The van der Waals surface area contributed by atoms with Crippen molar-refractivity contribution in [1.29, 1.82) is 0 Å². The quantitative estimate of drug-likeness (QED) is 0.934. The summed E-state index contributed by atoms with van der Waals surface area (Å²) in [5, 5.41) is 8.85. The zero-order valence-electron chi connectivity index (χ0n) is 11.4. The fourth-order valence-corrected chi connectivity index (χ4v) is 2.39. The van der Waals surface area contributed by atoms with Crippen molar-refractivity contribution in [3.63, 3.8) is 0 Å². The Balaban J connectivity index is 0.00000147. The molecular formula is C14H20ClN5. The Bertz CT molecular complexity index is 519. The fraction of sp³-hybridized carbons (Fsp3) is 0.429. The summed E-state index contributed by atoms with van der Waals surface area (Å²) in [6.07, 6.45) is 4.00. The van der Waals surface area contributed by atoms with E-state index in [1.54, 1.807) is 4.80 Å². The Morgan fingerprint density at radius 3 is 2.55 bits per heavy atom. The molecule has 6 heteroatoms. The van der Waals surface area contributed by atoms with E-state index >= 15 is 0 Å². The van der Waals surface area contributed by atoms with Gasteiger partial charge in [-0.3, -0.25) is 4.90 Å². The average molecular weight is 294 g/mol. The molecule has 0 atom stereocenters. The van der Waals surface area contributed by atoms with E-state index in [0.29, 0.717) is 6.04 Å². The number of halogens is 1. The van der Waals surface area contributed by atoms with Gasteiger partial charge in [-0.15, -0.1) is 12.4 Å². The molecule has 1 aromatic carbocycles. The van der Waals surface area contributed by atoms with E-state index in [4.69, 9.17) is 5.73 Å². The van der Waals surface area contributed by atoms with Crippen LogP contribution in [-0.4, -0.2) is 39.0 Å². The van der Waals surface area contributed by atoms with E-state index in [1.807, 2.05) is 36.5 Å². The van der Waals surface area contributed by atoms with Crippen LogP contribution in [0.5, 0.6) is 0 Å². The monoisotopic (exact) mass is 293 g/mol. The van der Waals surface area contributed by atoms with Crippen LogP contribution in [0.25, 0.3) is 5.69 Å². The highest BCUT2D eigenvalue weighted by Crippen LogP contribution is 2.11. The number of hydrogen-bond acceptors (Lipinski definition) is 4. The first kappa shape index (κ1) is 15.0. The smallest absolute Gasteiger partial charge is 0.0971 e. The number of hydrogen-bond donors (Lipinski definition) is 1. The fourth-order valence-electron chi connectivity index (χ4n) is 2.39. The van der Waals surface area contributed by atoms with E-state index in [-0.39, 0.29) is 12.4 Å². The zero-order chi connectivity index (χ0) is 13.1. The molecule has 0 spiro atoms. The van der Waals surface area contributed by atoms with Gasteiger partial charge >= 0.3 is 0 Å². The van der Waals surface area contributed by atoms with Crippen LogP contribution >= 0.6 is 12.4 Å². The molecule has 108 valence electrons. The van der Waals surface area contributed by atoms with Gasteiger partial charge in [0.15, 0.2) is 0 Å². The summed E-state index contributed by atoms with van der Waals surface area (Å²) in [4.78, 5) is 4.08. The predicted molar refractivity (Wildman–Crippen MR) is 81.1 cm³/mol. The number of rotatable bonds is 3. The van der Waals surface area contributed by atoms with Crippen LogP contribution < -0.4 is 5.73 Å². The molecule has 20 heavy (non-hydrogen) atoms. The number of likely N-dealkylation sites (tertiary alicyclic amines) is 1. The second-order valence-corrected chi connectivity index (χ2v) is 5.07. The summed E-state index contributed by atoms with van der Waals surface area (Å²) in [7, 11) is 0. The lowest BCUT2D eigenvalue weighted by atomic mass is 10.1. The number of para-hydroxylation sites is 1. The molecule has 1 saturated heterocycles. The van der Waals surface area contributed by atoms with Gasteiger partial charge in [-0.25, -0.2) is 0 Å². The topological polar surface area (TPSA) is 60.0 Å². The number of nitrogens with zero attached hydrogens (tertiary/aromatic N) is 4. The number of nitrogens with two attached hydrogens (primary N) is 1. The third kappa shape index (κ3) is 3.56. The lowest BCUT2D eigenvalue weighted by Crippen LogP contribution is -2.39. The molecule has 2 aromatic rings. The van der Waals surface area contributed by atoms with Crippen LogP contribution in [0, 0.1) is 0 Å². The van der Waals surface area contributed by atoms with Crippen molar-refractivity contribution in [2.45, 2.75) is 25.4 Å². The van der Waals surface area contributed by atoms with Crippen molar-refractivity contribution in [2.75, 3.05) is 13.1 Å². The van der Waals surface area contributed by atoms with Crippen molar-refractivity contribution in [3.8, 4) is 5.69 Å². The van der Waals surface area contributed by atoms with Crippen LogP contribution in [0.1, 0.15) is 18.5 Å². The summed E-state index contributed by atoms with van der Waals surface area (Å²) in [6.45, 7) is 2.97. The van der Waals surface area contributed by atoms with Crippen LogP contribution in [-0.2, 0) is 6.54 Å². The molecule has 1 aliphatic rings. The second kappa shape index (κ2) is 6.83. The molecule has 0 saturated carbocycles. The first-order chi connectivity index (χ1) is 9.31. The first-order valence-electron chi connectivity index (χ1n) is 6.76. The van der Waals surface area contributed by atoms with E-state index < -0.39 is 0 Å². The molecule has 2 N–H and O–H groups in total. The molecule has 1 aliphatic heterocycles. The van der Waals surface area contributed by atoms with Gasteiger partial charge in [0.2, 0.25) is 0 Å². The standard InChI is InChI=1S/C14H19N5.ClH/c15-12-6-8-18(9-7-12)11-13-10-16-19(17-13)14-4-2-1-3-5-14;/h1-5,10,12H,6-9,11,15H2;1H. The minimum absolute atomic E-state index is 0. The highest BCUT2D eigenvalue weighted by molar-refractivity contribution is 5.85. The lowest BCUT2D eigenvalue weighted by Gasteiger charge is -2.29. The van der Waals surface area contributed by atoms with E-state index in [0.717, 1.165) is 43.9 Å². The molecular weight excluding hydrogens is 274 g/mol.